The number of nitrogens with zero attached hydrogens (tertiary/aromatic N) is 1. The van der Waals surface area contributed by atoms with Crippen LogP contribution in [-0.2, 0) is 10.0 Å². The van der Waals surface area contributed by atoms with Crippen molar-refractivity contribution in [2.24, 2.45) is 0 Å². The monoisotopic (exact) mass is 220 g/mol. The van der Waals surface area contributed by atoms with E-state index in [1.165, 1.54) is 13.1 Å². The summed E-state index contributed by atoms with van der Waals surface area (Å²) < 4.78 is 24.8. The van der Waals surface area contributed by atoms with Gasteiger partial charge in [-0.15, -0.1) is 0 Å². The summed E-state index contributed by atoms with van der Waals surface area (Å²) in [6, 6.07) is 3.02. The number of nitrogens with one attached hydrogen (secondary N) is 1. The third-order valence-electron chi connectivity index (χ3n) is 1.51. The number of aromatic nitrogens is 1. The number of sulfonamides is 1. The largest absolute Gasteiger partial charge is 0.243 e. The molecule has 1 heterocycles. The van der Waals surface area contributed by atoms with Crippen molar-refractivity contribution in [3.8, 4) is 0 Å². The minimum Gasteiger partial charge on any atom is -0.240 e. The van der Waals surface area contributed by atoms with Crippen LogP contribution in [0.15, 0.2) is 17.0 Å². The average Bonchev–Trinajstić information content (AvgIpc) is 2.03. The predicted molar refractivity (Wildman–Crippen MR) is 50.2 cm³/mol. The lowest BCUT2D eigenvalue weighted by molar-refractivity contribution is 0.588. The Kier molecular flexibility index (Phi) is 2.90. The van der Waals surface area contributed by atoms with E-state index < -0.39 is 10.0 Å². The van der Waals surface area contributed by atoms with Gasteiger partial charge in [0, 0.05) is 5.69 Å². The van der Waals surface area contributed by atoms with E-state index in [9.17, 15) is 8.42 Å². The van der Waals surface area contributed by atoms with E-state index in [-0.39, 0.29) is 10.0 Å². The first-order valence-electron chi connectivity index (χ1n) is 3.54. The average molecular weight is 221 g/mol. The first-order chi connectivity index (χ1) is 5.97. The van der Waals surface area contributed by atoms with Crippen molar-refractivity contribution in [3.63, 3.8) is 0 Å². The van der Waals surface area contributed by atoms with Crippen LogP contribution >= 0.6 is 11.6 Å². The lowest BCUT2D eigenvalue weighted by Crippen LogP contribution is -2.19. The van der Waals surface area contributed by atoms with Crippen molar-refractivity contribution in [2.45, 2.75) is 11.8 Å². The molecule has 0 bridgehead atoms. The summed E-state index contributed by atoms with van der Waals surface area (Å²) in [7, 11) is -2.17. The molecule has 1 rings (SSSR count). The maximum Gasteiger partial charge on any atom is 0.243 e. The molecule has 0 aliphatic carbocycles. The molecule has 0 aliphatic rings. The highest BCUT2D eigenvalue weighted by Crippen LogP contribution is 2.18. The topological polar surface area (TPSA) is 59.1 Å². The first kappa shape index (κ1) is 10.4. The van der Waals surface area contributed by atoms with Crippen molar-refractivity contribution in [3.05, 3.63) is 23.0 Å². The van der Waals surface area contributed by atoms with Crippen LogP contribution in [0.25, 0.3) is 0 Å². The number of halogens is 1. The Bertz CT molecular complexity index is 417. The Morgan fingerprint density at radius 2 is 2.08 bits per heavy atom. The van der Waals surface area contributed by atoms with Crippen LogP contribution in [0.3, 0.4) is 0 Å². The molecule has 72 valence electrons. The maximum absolute atomic E-state index is 11.3. The van der Waals surface area contributed by atoms with Crippen LogP contribution in [-0.4, -0.2) is 20.4 Å². The number of aryl methyl sites for hydroxylation is 1. The van der Waals surface area contributed by atoms with Gasteiger partial charge in [0.25, 0.3) is 0 Å². The molecule has 0 aromatic carbocycles. The van der Waals surface area contributed by atoms with Crippen LogP contribution in [0, 0.1) is 6.92 Å². The van der Waals surface area contributed by atoms with Crippen LogP contribution in [0.5, 0.6) is 0 Å². The summed E-state index contributed by atoms with van der Waals surface area (Å²) in [5, 5.41) is -0.00523. The molecule has 0 amide bonds. The highest BCUT2D eigenvalue weighted by molar-refractivity contribution is 7.89. The molecule has 0 radical (unpaired) electrons. The van der Waals surface area contributed by atoms with E-state index in [2.05, 4.69) is 9.71 Å². The molecular weight excluding hydrogens is 212 g/mol. The highest BCUT2D eigenvalue weighted by Gasteiger charge is 2.16. The van der Waals surface area contributed by atoms with Gasteiger partial charge in [0.05, 0.1) is 0 Å². The zero-order valence-corrected chi connectivity index (χ0v) is 8.78. The van der Waals surface area contributed by atoms with Gasteiger partial charge in [-0.2, -0.15) is 0 Å². The van der Waals surface area contributed by atoms with Gasteiger partial charge in [0.1, 0.15) is 10.0 Å². The molecule has 13 heavy (non-hydrogen) atoms. The zero-order valence-electron chi connectivity index (χ0n) is 7.20. The third kappa shape index (κ3) is 2.18. The van der Waals surface area contributed by atoms with Crippen molar-refractivity contribution >= 4 is 21.6 Å². The van der Waals surface area contributed by atoms with Crippen molar-refractivity contribution in [1.29, 1.82) is 0 Å². The van der Waals surface area contributed by atoms with Gasteiger partial charge in [-0.05, 0) is 26.1 Å². The van der Waals surface area contributed by atoms with Gasteiger partial charge in [0.2, 0.25) is 10.0 Å². The van der Waals surface area contributed by atoms with E-state index in [1.54, 1.807) is 13.0 Å². The predicted octanol–water partition coefficient (Wildman–Crippen LogP) is 0.952. The summed E-state index contributed by atoms with van der Waals surface area (Å²) in [5.74, 6) is 0. The molecular formula is C7H9ClN2O2S. The molecule has 0 atom stereocenters. The lowest BCUT2D eigenvalue weighted by Gasteiger charge is -2.03. The summed E-state index contributed by atoms with van der Waals surface area (Å²) in [6.45, 7) is 1.74. The van der Waals surface area contributed by atoms with Gasteiger partial charge in [-0.3, -0.25) is 0 Å². The molecule has 6 heteroatoms. The number of rotatable bonds is 2. The normalized spacial score (nSPS) is 11.6. The van der Waals surface area contributed by atoms with Crippen molar-refractivity contribution in [2.75, 3.05) is 7.05 Å². The van der Waals surface area contributed by atoms with Crippen LogP contribution in [0.4, 0.5) is 0 Å². The lowest BCUT2D eigenvalue weighted by atomic mass is 10.4. The molecule has 1 aromatic rings. The molecule has 1 N–H and O–H groups in total. The molecule has 0 aliphatic heterocycles. The minimum absolute atomic E-state index is 0.00210. The van der Waals surface area contributed by atoms with E-state index in [1.807, 2.05) is 0 Å². The number of hydrogen-bond acceptors (Lipinski definition) is 3. The molecule has 4 nitrogen and oxygen atoms in total. The van der Waals surface area contributed by atoms with Gasteiger partial charge in [-0.1, -0.05) is 11.6 Å². The fourth-order valence-corrected chi connectivity index (χ4v) is 2.06. The second-order valence-corrected chi connectivity index (χ2v) is 4.66. The fraction of sp³-hybridized carbons (Fsp3) is 0.286. The Morgan fingerprint density at radius 1 is 1.46 bits per heavy atom. The number of hydrogen-bond donors (Lipinski definition) is 1. The van der Waals surface area contributed by atoms with Crippen LogP contribution < -0.4 is 4.72 Å². The first-order valence-corrected chi connectivity index (χ1v) is 5.40. The molecule has 0 unspecified atom stereocenters. The fourth-order valence-electron chi connectivity index (χ4n) is 0.823. The van der Waals surface area contributed by atoms with Crippen LogP contribution in [0.2, 0.25) is 5.15 Å². The van der Waals surface area contributed by atoms with E-state index >= 15 is 0 Å². The zero-order chi connectivity index (χ0) is 10.1. The van der Waals surface area contributed by atoms with Crippen molar-refractivity contribution < 1.29 is 8.42 Å². The summed E-state index contributed by atoms with van der Waals surface area (Å²) in [4.78, 5) is 3.84. The van der Waals surface area contributed by atoms with Gasteiger partial charge < -0.3 is 0 Å². The van der Waals surface area contributed by atoms with Gasteiger partial charge >= 0.3 is 0 Å². The summed E-state index contributed by atoms with van der Waals surface area (Å²) in [5.41, 5.74) is 0.681. The van der Waals surface area contributed by atoms with E-state index in [4.69, 9.17) is 11.6 Å². The number of pyridine rings is 1. The molecule has 0 fully saturated rings. The SMILES string of the molecule is CNS(=O)(=O)c1ccc(C)nc1Cl. The summed E-state index contributed by atoms with van der Waals surface area (Å²) >= 11 is 5.66. The molecule has 1 aromatic heterocycles. The second kappa shape index (κ2) is 3.61. The smallest absolute Gasteiger partial charge is 0.240 e. The summed E-state index contributed by atoms with van der Waals surface area (Å²) in [6.07, 6.45) is 0. The molecule has 0 saturated carbocycles. The van der Waals surface area contributed by atoms with Gasteiger partial charge in [0.15, 0.2) is 0 Å². The Labute approximate surface area is 82.0 Å². The highest BCUT2D eigenvalue weighted by atomic mass is 35.5. The Hall–Kier alpha value is -0.650. The van der Waals surface area contributed by atoms with E-state index in [0.717, 1.165) is 0 Å². The molecule has 0 spiro atoms. The quantitative estimate of drug-likeness (QED) is 0.755. The minimum atomic E-state index is -3.49. The standard InChI is InChI=1S/C7H9ClN2O2S/c1-5-3-4-6(7(8)10-5)13(11,12)9-2/h3-4,9H,1-2H3. The van der Waals surface area contributed by atoms with E-state index in [0.29, 0.717) is 5.69 Å². The van der Waals surface area contributed by atoms with Crippen LogP contribution in [0.1, 0.15) is 5.69 Å². The third-order valence-corrected chi connectivity index (χ3v) is 3.36. The Morgan fingerprint density at radius 3 is 2.54 bits per heavy atom. The van der Waals surface area contributed by atoms with Gasteiger partial charge in [-0.25, -0.2) is 18.1 Å². The maximum atomic E-state index is 11.3. The Balaban J connectivity index is 3.33. The second-order valence-electron chi connectivity index (χ2n) is 2.45. The molecule has 0 saturated heterocycles. The van der Waals surface area contributed by atoms with Crippen molar-refractivity contribution in [1.82, 2.24) is 9.71 Å².